The van der Waals surface area contributed by atoms with Crippen LogP contribution >= 0.6 is 11.8 Å². The third-order valence-corrected chi connectivity index (χ3v) is 8.92. The number of fused-ring (bicyclic) bond motifs is 1. The Bertz CT molecular complexity index is 1120. The zero-order chi connectivity index (χ0) is 29.3. The normalized spacial score (nSPS) is 22.1. The minimum absolute atomic E-state index is 0.0214. The van der Waals surface area contributed by atoms with Gasteiger partial charge in [0.25, 0.3) is 5.69 Å². The highest BCUT2D eigenvalue weighted by molar-refractivity contribution is 8.01. The molecule has 0 aliphatic carbocycles. The molecule has 40 heavy (non-hydrogen) atoms. The SMILES string of the molecule is CC(CCCC(=O)NCc1ccc([N+](=O)[O-])c(CCO)c1)NC(=O)[C@@]1(CCCCC(=O)O)SC[C@@H]2NC(=O)N[C@@H]21. The molecule has 2 heterocycles. The van der Waals surface area contributed by atoms with Gasteiger partial charge in [0.05, 0.1) is 17.0 Å². The molecule has 3 rings (SSSR count). The van der Waals surface area contributed by atoms with Crippen LogP contribution in [0.25, 0.3) is 0 Å². The Morgan fingerprint density at radius 3 is 2.70 bits per heavy atom. The van der Waals surface area contributed by atoms with Crippen LogP contribution in [0.4, 0.5) is 10.5 Å². The van der Waals surface area contributed by atoms with E-state index in [-0.39, 0.29) is 74.1 Å². The molecule has 1 unspecified atom stereocenters. The molecular formula is C26H37N5O8S. The zero-order valence-electron chi connectivity index (χ0n) is 22.4. The van der Waals surface area contributed by atoms with Gasteiger partial charge in [-0.2, -0.15) is 0 Å². The molecule has 0 spiro atoms. The smallest absolute Gasteiger partial charge is 0.315 e. The molecule has 13 nitrogen and oxygen atoms in total. The third-order valence-electron chi connectivity index (χ3n) is 7.23. The van der Waals surface area contributed by atoms with Crippen molar-refractivity contribution < 1.29 is 34.3 Å². The maximum atomic E-state index is 13.5. The Kier molecular flexibility index (Phi) is 11.1. The van der Waals surface area contributed by atoms with Gasteiger partial charge in [-0.25, -0.2) is 4.79 Å². The van der Waals surface area contributed by atoms with Crippen LogP contribution in [0.15, 0.2) is 18.2 Å². The summed E-state index contributed by atoms with van der Waals surface area (Å²) in [6.45, 7) is 1.84. The van der Waals surface area contributed by atoms with Crippen molar-refractivity contribution >= 4 is 41.3 Å². The lowest BCUT2D eigenvalue weighted by atomic mass is 9.88. The van der Waals surface area contributed by atoms with Gasteiger partial charge in [-0.1, -0.05) is 12.5 Å². The van der Waals surface area contributed by atoms with E-state index in [0.29, 0.717) is 49.0 Å². The van der Waals surface area contributed by atoms with Gasteiger partial charge in [-0.3, -0.25) is 24.5 Å². The predicted octanol–water partition coefficient (Wildman–Crippen LogP) is 1.60. The van der Waals surface area contributed by atoms with Crippen LogP contribution in [0.5, 0.6) is 0 Å². The monoisotopic (exact) mass is 579 g/mol. The van der Waals surface area contributed by atoms with Crippen molar-refractivity contribution in [2.24, 2.45) is 0 Å². The molecule has 1 aromatic carbocycles. The number of aliphatic hydroxyl groups excluding tert-OH is 1. The minimum Gasteiger partial charge on any atom is -0.481 e. The van der Waals surface area contributed by atoms with E-state index >= 15 is 0 Å². The molecule has 14 heteroatoms. The molecular weight excluding hydrogens is 542 g/mol. The molecule has 2 fully saturated rings. The summed E-state index contributed by atoms with van der Waals surface area (Å²) in [4.78, 5) is 59.3. The number of nitrogens with one attached hydrogen (secondary N) is 4. The molecule has 4 amide bonds. The minimum atomic E-state index is -0.895. The van der Waals surface area contributed by atoms with Gasteiger partial charge >= 0.3 is 12.0 Å². The van der Waals surface area contributed by atoms with Gasteiger partial charge in [0.2, 0.25) is 11.8 Å². The second-order valence-electron chi connectivity index (χ2n) is 10.2. The van der Waals surface area contributed by atoms with Crippen molar-refractivity contribution in [3.05, 3.63) is 39.4 Å². The standard InChI is InChI=1S/C26H37N5O8S/c1-16(5-4-6-21(33)27-14-17-8-9-20(31(38)39)18(13-17)10-12-32)28-24(36)26(11-3-2-7-22(34)35)23-19(15-40-26)29-25(37)30-23/h8-9,13,16,19,23,32H,2-7,10-12,14-15H2,1H3,(H,27,33)(H,28,36)(H,34,35)(H2,29,30,37)/t16?,19-,23-,26-/m0/s1. The maximum Gasteiger partial charge on any atom is 0.315 e. The third kappa shape index (κ3) is 8.07. The summed E-state index contributed by atoms with van der Waals surface area (Å²) >= 11 is 1.48. The number of benzene rings is 1. The number of carboxylic acid groups (broad SMARTS) is 1. The van der Waals surface area contributed by atoms with Crippen molar-refractivity contribution in [3.63, 3.8) is 0 Å². The van der Waals surface area contributed by atoms with E-state index < -0.39 is 15.6 Å². The lowest BCUT2D eigenvalue weighted by Crippen LogP contribution is -2.57. The van der Waals surface area contributed by atoms with Crippen molar-refractivity contribution in [1.82, 2.24) is 21.3 Å². The van der Waals surface area contributed by atoms with Crippen molar-refractivity contribution in [3.8, 4) is 0 Å². The molecule has 2 saturated heterocycles. The van der Waals surface area contributed by atoms with E-state index in [1.54, 1.807) is 12.1 Å². The number of amides is 4. The quantitative estimate of drug-likeness (QED) is 0.0728. The number of hydrogen-bond donors (Lipinski definition) is 6. The van der Waals surface area contributed by atoms with Gasteiger partial charge in [-0.15, -0.1) is 11.8 Å². The fourth-order valence-corrected chi connectivity index (χ4v) is 6.81. The predicted molar refractivity (Wildman–Crippen MR) is 148 cm³/mol. The van der Waals surface area contributed by atoms with Gasteiger partial charge in [0.15, 0.2) is 0 Å². The van der Waals surface area contributed by atoms with E-state index in [9.17, 15) is 29.3 Å². The summed E-state index contributed by atoms with van der Waals surface area (Å²) in [5, 5.41) is 40.8. The first-order valence-corrected chi connectivity index (χ1v) is 14.4. The number of carbonyl (C=O) groups excluding carboxylic acids is 3. The van der Waals surface area contributed by atoms with Gasteiger partial charge in [0, 0.05) is 55.8 Å². The molecule has 0 bridgehead atoms. The number of nitrogens with zero attached hydrogens (tertiary/aromatic N) is 1. The molecule has 2 aliphatic heterocycles. The highest BCUT2D eigenvalue weighted by Crippen LogP contribution is 2.44. The number of urea groups is 1. The Morgan fingerprint density at radius 2 is 2.00 bits per heavy atom. The highest BCUT2D eigenvalue weighted by atomic mass is 32.2. The van der Waals surface area contributed by atoms with Crippen LogP contribution < -0.4 is 21.3 Å². The summed E-state index contributed by atoms with van der Waals surface area (Å²) in [7, 11) is 0. The van der Waals surface area contributed by atoms with Crippen LogP contribution in [0.1, 0.15) is 63.0 Å². The highest BCUT2D eigenvalue weighted by Gasteiger charge is 2.57. The number of hydrogen-bond acceptors (Lipinski definition) is 8. The zero-order valence-corrected chi connectivity index (χ0v) is 23.3. The fraction of sp³-hybridized carbons (Fsp3) is 0.615. The first-order valence-electron chi connectivity index (χ1n) is 13.4. The van der Waals surface area contributed by atoms with Crippen molar-refractivity contribution in [1.29, 1.82) is 0 Å². The maximum absolute atomic E-state index is 13.5. The Morgan fingerprint density at radius 1 is 1.23 bits per heavy atom. The first kappa shape index (κ1) is 31.1. The topological polar surface area (TPSA) is 200 Å². The summed E-state index contributed by atoms with van der Waals surface area (Å²) in [5.74, 6) is -0.689. The van der Waals surface area contributed by atoms with E-state index in [0.717, 1.165) is 0 Å². The first-order chi connectivity index (χ1) is 19.1. The molecule has 6 N–H and O–H groups in total. The van der Waals surface area contributed by atoms with Crippen LogP contribution in [0.3, 0.4) is 0 Å². The van der Waals surface area contributed by atoms with Crippen LogP contribution in [-0.2, 0) is 27.3 Å². The number of unbranched alkanes of at least 4 members (excludes halogenated alkanes) is 1. The summed E-state index contributed by atoms with van der Waals surface area (Å²) in [6, 6.07) is 3.46. The average molecular weight is 580 g/mol. The average Bonchev–Trinajstić information content (AvgIpc) is 3.43. The molecule has 1 aromatic rings. The Labute approximate surface area is 236 Å². The molecule has 0 radical (unpaired) electrons. The summed E-state index contributed by atoms with van der Waals surface area (Å²) in [6.07, 6.45) is 2.89. The van der Waals surface area contributed by atoms with E-state index in [4.69, 9.17) is 10.2 Å². The number of aliphatic carboxylic acids is 1. The number of thioether (sulfide) groups is 1. The number of carbonyl (C=O) groups is 4. The number of carboxylic acids is 1. The number of aliphatic hydroxyl groups is 1. The Balaban J connectivity index is 1.47. The molecule has 0 aromatic heterocycles. The second kappa shape index (κ2) is 14.3. The van der Waals surface area contributed by atoms with Crippen LogP contribution in [-0.4, -0.2) is 74.2 Å². The number of nitro groups is 1. The summed E-state index contributed by atoms with van der Waals surface area (Å²) < 4.78 is -0.895. The lowest BCUT2D eigenvalue weighted by Gasteiger charge is -2.33. The van der Waals surface area contributed by atoms with Crippen LogP contribution in [0, 0.1) is 10.1 Å². The van der Waals surface area contributed by atoms with Gasteiger partial charge < -0.3 is 31.5 Å². The fourth-order valence-electron chi connectivity index (χ4n) is 5.18. The van der Waals surface area contributed by atoms with E-state index in [1.807, 2.05) is 6.92 Å². The second-order valence-corrected chi connectivity index (χ2v) is 11.6. The van der Waals surface area contributed by atoms with E-state index in [2.05, 4.69) is 21.3 Å². The number of rotatable bonds is 16. The van der Waals surface area contributed by atoms with Gasteiger partial charge in [0.1, 0.15) is 4.75 Å². The van der Waals surface area contributed by atoms with Gasteiger partial charge in [-0.05, 0) is 44.2 Å². The largest absolute Gasteiger partial charge is 0.481 e. The van der Waals surface area contributed by atoms with Crippen LogP contribution in [0.2, 0.25) is 0 Å². The molecule has 0 saturated carbocycles. The molecule has 2 aliphatic rings. The summed E-state index contributed by atoms with van der Waals surface area (Å²) in [5.41, 5.74) is 1.03. The Hall–Kier alpha value is -3.39. The molecule has 4 atom stereocenters. The number of nitro benzene ring substituents is 1. The van der Waals surface area contributed by atoms with Crippen molar-refractivity contribution in [2.75, 3.05) is 12.4 Å². The van der Waals surface area contributed by atoms with Crippen molar-refractivity contribution in [2.45, 2.75) is 87.7 Å². The molecule has 220 valence electrons. The lowest BCUT2D eigenvalue weighted by molar-refractivity contribution is -0.385. The van der Waals surface area contributed by atoms with E-state index in [1.165, 1.54) is 17.8 Å².